The standard InChI is InChI=1S/C20H19N3O2/c21-18-15-9-4-5-10-16(15)22-17(23-18)13-25-19(24)20(11-6-12-20)14-7-2-1-3-8-14/h1-5,7-10H,6,11-13H2,(H2,21,22,23). The van der Waals surface area contributed by atoms with Crippen molar-refractivity contribution in [2.45, 2.75) is 31.3 Å². The SMILES string of the molecule is Nc1nc(COC(=O)C2(c3ccccc3)CCC2)nc2ccccc12. The first kappa shape index (κ1) is 15.6. The summed E-state index contributed by atoms with van der Waals surface area (Å²) in [6.07, 6.45) is 2.66. The first-order chi connectivity index (χ1) is 12.2. The molecule has 1 heterocycles. The number of benzene rings is 2. The molecule has 3 aromatic rings. The topological polar surface area (TPSA) is 78.1 Å². The second-order valence-corrected chi connectivity index (χ2v) is 6.42. The zero-order valence-electron chi connectivity index (χ0n) is 13.8. The van der Waals surface area contributed by atoms with Crippen LogP contribution in [0.3, 0.4) is 0 Å². The van der Waals surface area contributed by atoms with E-state index in [0.29, 0.717) is 11.6 Å². The lowest BCUT2D eigenvalue weighted by atomic mass is 9.64. The lowest BCUT2D eigenvalue weighted by molar-refractivity contribution is -0.156. The fourth-order valence-electron chi connectivity index (χ4n) is 3.38. The minimum absolute atomic E-state index is 0.0302. The summed E-state index contributed by atoms with van der Waals surface area (Å²) in [5, 5.41) is 0.803. The average molecular weight is 333 g/mol. The minimum atomic E-state index is -0.524. The number of rotatable bonds is 4. The maximum atomic E-state index is 12.8. The number of carbonyl (C=O) groups excluding carboxylic acids is 1. The molecule has 1 saturated carbocycles. The number of nitrogens with zero attached hydrogens (tertiary/aromatic N) is 2. The Balaban J connectivity index is 1.54. The van der Waals surface area contributed by atoms with Crippen LogP contribution in [0.25, 0.3) is 10.9 Å². The summed E-state index contributed by atoms with van der Waals surface area (Å²) in [7, 11) is 0. The molecule has 5 nitrogen and oxygen atoms in total. The molecule has 2 N–H and O–H groups in total. The summed E-state index contributed by atoms with van der Waals surface area (Å²) in [6.45, 7) is 0.0302. The van der Waals surface area contributed by atoms with E-state index in [0.717, 1.165) is 35.7 Å². The first-order valence-corrected chi connectivity index (χ1v) is 8.43. The quantitative estimate of drug-likeness (QED) is 0.741. The predicted molar refractivity (Wildman–Crippen MR) is 95.7 cm³/mol. The molecule has 25 heavy (non-hydrogen) atoms. The summed E-state index contributed by atoms with van der Waals surface area (Å²) in [4.78, 5) is 21.5. The molecule has 0 bridgehead atoms. The van der Waals surface area contributed by atoms with Gasteiger partial charge in [-0.25, -0.2) is 9.97 Å². The van der Waals surface area contributed by atoms with Crippen LogP contribution in [0.15, 0.2) is 54.6 Å². The Morgan fingerprint density at radius 1 is 1.04 bits per heavy atom. The van der Waals surface area contributed by atoms with E-state index in [1.165, 1.54) is 0 Å². The third-order valence-corrected chi connectivity index (χ3v) is 4.94. The molecule has 0 amide bonds. The zero-order valence-corrected chi connectivity index (χ0v) is 13.8. The highest BCUT2D eigenvalue weighted by Crippen LogP contribution is 2.44. The van der Waals surface area contributed by atoms with E-state index < -0.39 is 5.41 Å². The van der Waals surface area contributed by atoms with Crippen LogP contribution in [0.4, 0.5) is 5.82 Å². The lowest BCUT2D eigenvalue weighted by Crippen LogP contribution is -2.43. The number of anilines is 1. The van der Waals surface area contributed by atoms with Crippen molar-refractivity contribution in [2.75, 3.05) is 5.73 Å². The Bertz CT molecular complexity index is 921. The van der Waals surface area contributed by atoms with Gasteiger partial charge in [0.2, 0.25) is 0 Å². The normalized spacial score (nSPS) is 15.5. The van der Waals surface area contributed by atoms with Crippen molar-refractivity contribution < 1.29 is 9.53 Å². The van der Waals surface area contributed by atoms with Gasteiger partial charge in [0.25, 0.3) is 0 Å². The van der Waals surface area contributed by atoms with Crippen molar-refractivity contribution in [3.8, 4) is 0 Å². The average Bonchev–Trinajstić information content (AvgIpc) is 2.60. The van der Waals surface area contributed by atoms with Crippen LogP contribution in [0.2, 0.25) is 0 Å². The molecule has 0 atom stereocenters. The third kappa shape index (κ3) is 2.71. The number of aromatic nitrogens is 2. The number of hydrogen-bond donors (Lipinski definition) is 1. The molecule has 5 heteroatoms. The molecule has 2 aromatic carbocycles. The van der Waals surface area contributed by atoms with Gasteiger partial charge in [-0.1, -0.05) is 48.9 Å². The van der Waals surface area contributed by atoms with E-state index in [1.54, 1.807) is 0 Å². The van der Waals surface area contributed by atoms with Crippen molar-refractivity contribution in [3.05, 3.63) is 66.0 Å². The monoisotopic (exact) mass is 333 g/mol. The minimum Gasteiger partial charge on any atom is -0.457 e. The van der Waals surface area contributed by atoms with Gasteiger partial charge in [0, 0.05) is 5.39 Å². The van der Waals surface area contributed by atoms with Gasteiger partial charge in [0.15, 0.2) is 12.4 Å². The number of ether oxygens (including phenoxy) is 1. The molecule has 1 aliphatic carbocycles. The van der Waals surface area contributed by atoms with Crippen LogP contribution in [-0.4, -0.2) is 15.9 Å². The lowest BCUT2D eigenvalue weighted by Gasteiger charge is -2.39. The van der Waals surface area contributed by atoms with Gasteiger partial charge in [0.05, 0.1) is 10.9 Å². The molecule has 0 aliphatic heterocycles. The van der Waals surface area contributed by atoms with E-state index in [4.69, 9.17) is 10.5 Å². The molecular formula is C20H19N3O2. The molecule has 0 spiro atoms. The van der Waals surface area contributed by atoms with E-state index in [9.17, 15) is 4.79 Å². The van der Waals surface area contributed by atoms with Crippen molar-refractivity contribution in [1.29, 1.82) is 0 Å². The van der Waals surface area contributed by atoms with Crippen LogP contribution >= 0.6 is 0 Å². The van der Waals surface area contributed by atoms with Gasteiger partial charge in [-0.3, -0.25) is 4.79 Å². The molecule has 0 radical (unpaired) electrons. The molecule has 1 fully saturated rings. The summed E-state index contributed by atoms with van der Waals surface area (Å²) in [5.74, 6) is 0.616. The maximum absolute atomic E-state index is 12.8. The number of esters is 1. The van der Waals surface area contributed by atoms with Crippen LogP contribution in [0.1, 0.15) is 30.7 Å². The molecule has 1 aromatic heterocycles. The van der Waals surface area contributed by atoms with Crippen LogP contribution in [0, 0.1) is 0 Å². The first-order valence-electron chi connectivity index (χ1n) is 8.43. The van der Waals surface area contributed by atoms with Crippen molar-refractivity contribution in [3.63, 3.8) is 0 Å². The predicted octanol–water partition coefficient (Wildman–Crippen LogP) is 3.38. The molecule has 0 saturated heterocycles. The number of nitrogens with two attached hydrogens (primary N) is 1. The fraction of sp³-hybridized carbons (Fsp3) is 0.250. The van der Waals surface area contributed by atoms with Crippen LogP contribution < -0.4 is 5.73 Å². The number of para-hydroxylation sites is 1. The molecule has 1 aliphatic rings. The highest BCUT2D eigenvalue weighted by atomic mass is 16.5. The van der Waals surface area contributed by atoms with E-state index in [2.05, 4.69) is 9.97 Å². The Hall–Kier alpha value is -2.95. The number of carbonyl (C=O) groups is 1. The van der Waals surface area contributed by atoms with Gasteiger partial charge in [-0.05, 0) is 30.5 Å². The van der Waals surface area contributed by atoms with Crippen LogP contribution in [-0.2, 0) is 21.6 Å². The summed E-state index contributed by atoms with van der Waals surface area (Å²) in [6, 6.07) is 17.4. The van der Waals surface area contributed by atoms with Gasteiger partial charge in [0.1, 0.15) is 5.82 Å². The van der Waals surface area contributed by atoms with Gasteiger partial charge in [-0.15, -0.1) is 0 Å². The maximum Gasteiger partial charge on any atom is 0.317 e. The fourth-order valence-corrected chi connectivity index (χ4v) is 3.38. The number of nitrogen functional groups attached to an aromatic ring is 1. The van der Waals surface area contributed by atoms with Crippen molar-refractivity contribution in [2.24, 2.45) is 0 Å². The van der Waals surface area contributed by atoms with Crippen molar-refractivity contribution >= 4 is 22.7 Å². The zero-order chi connectivity index (χ0) is 17.3. The second kappa shape index (κ2) is 6.16. The van der Waals surface area contributed by atoms with Gasteiger partial charge in [-0.2, -0.15) is 0 Å². The summed E-state index contributed by atoms with van der Waals surface area (Å²) in [5.41, 5.74) is 7.23. The van der Waals surface area contributed by atoms with Crippen molar-refractivity contribution in [1.82, 2.24) is 9.97 Å². The Morgan fingerprint density at radius 2 is 1.76 bits per heavy atom. The third-order valence-electron chi connectivity index (χ3n) is 4.94. The smallest absolute Gasteiger partial charge is 0.317 e. The van der Waals surface area contributed by atoms with E-state index in [-0.39, 0.29) is 12.6 Å². The molecule has 126 valence electrons. The number of hydrogen-bond acceptors (Lipinski definition) is 5. The van der Waals surface area contributed by atoms with E-state index >= 15 is 0 Å². The molecule has 4 rings (SSSR count). The van der Waals surface area contributed by atoms with Gasteiger partial charge < -0.3 is 10.5 Å². The number of fused-ring (bicyclic) bond motifs is 1. The molecular weight excluding hydrogens is 314 g/mol. The van der Waals surface area contributed by atoms with Gasteiger partial charge >= 0.3 is 5.97 Å². The summed E-state index contributed by atoms with van der Waals surface area (Å²) < 4.78 is 5.57. The second-order valence-electron chi connectivity index (χ2n) is 6.42. The highest BCUT2D eigenvalue weighted by molar-refractivity contribution is 5.88. The highest BCUT2D eigenvalue weighted by Gasteiger charge is 2.47. The Morgan fingerprint density at radius 3 is 2.48 bits per heavy atom. The summed E-state index contributed by atoms with van der Waals surface area (Å²) >= 11 is 0. The van der Waals surface area contributed by atoms with E-state index in [1.807, 2.05) is 54.6 Å². The largest absolute Gasteiger partial charge is 0.457 e. The van der Waals surface area contributed by atoms with Crippen LogP contribution in [0.5, 0.6) is 0 Å². The molecule has 0 unspecified atom stereocenters. The Kier molecular flexibility index (Phi) is 3.84. The Labute approximate surface area is 145 Å².